The molecule has 9 nitrogen and oxygen atoms in total. The summed E-state index contributed by atoms with van der Waals surface area (Å²) in [6, 6.07) is 5.83. The average molecular weight is 673 g/mol. The highest BCUT2D eigenvalue weighted by Crippen LogP contribution is 2.42. The van der Waals surface area contributed by atoms with Gasteiger partial charge >= 0.3 is 5.97 Å². The molecule has 0 saturated carbocycles. The van der Waals surface area contributed by atoms with Gasteiger partial charge in [-0.2, -0.15) is 0 Å². The number of rotatable bonds is 10. The molecule has 1 saturated heterocycles. The number of ether oxygens (including phenoxy) is 2. The largest absolute Gasteiger partial charge is 0.543 e. The number of hydrogen-bond acceptors (Lipinski definition) is 8. The lowest BCUT2D eigenvalue weighted by molar-refractivity contribution is -0.115. The predicted molar refractivity (Wildman–Crippen MR) is 188 cm³/mol. The number of benzene rings is 1. The molecule has 46 heavy (non-hydrogen) atoms. The van der Waals surface area contributed by atoms with E-state index in [1.54, 1.807) is 6.20 Å². The summed E-state index contributed by atoms with van der Waals surface area (Å²) < 4.78 is 26.6. The SMILES string of the molecule is CO/N=C/C=C/C(=O)N/C=C/C[C@H]1C[C@H]2C[C@H](O[Si](C)(C)C(C)(C)C)C[C@H](Cc3cccc(O[Si](C)(C)C(C)(C)C)c3C(=O)O1)O2. The molecule has 0 aliphatic carbocycles. The number of carbonyl (C=O) groups excluding carboxylic acids is 2. The number of hydrogen-bond donors (Lipinski definition) is 1. The van der Waals surface area contributed by atoms with E-state index in [1.807, 2.05) is 24.3 Å². The number of amides is 1. The van der Waals surface area contributed by atoms with Crippen LogP contribution in [0.15, 0.2) is 47.8 Å². The second-order valence-corrected chi connectivity index (χ2v) is 24.9. The zero-order chi connectivity index (χ0) is 34.3. The second-order valence-electron chi connectivity index (χ2n) is 15.4. The molecule has 2 aliphatic heterocycles. The van der Waals surface area contributed by atoms with Gasteiger partial charge in [-0.3, -0.25) is 4.79 Å². The van der Waals surface area contributed by atoms with Gasteiger partial charge in [0.1, 0.15) is 24.5 Å². The van der Waals surface area contributed by atoms with Crippen LogP contribution in [0, 0.1) is 0 Å². The van der Waals surface area contributed by atoms with Crippen LogP contribution >= 0.6 is 0 Å². The van der Waals surface area contributed by atoms with Crippen molar-refractivity contribution in [3.8, 4) is 5.75 Å². The number of esters is 1. The van der Waals surface area contributed by atoms with Gasteiger partial charge in [-0.25, -0.2) is 4.79 Å². The Morgan fingerprint density at radius 2 is 1.70 bits per heavy atom. The van der Waals surface area contributed by atoms with Crippen LogP contribution in [0.2, 0.25) is 36.3 Å². The fourth-order valence-electron chi connectivity index (χ4n) is 5.11. The van der Waals surface area contributed by atoms with E-state index in [0.29, 0.717) is 30.6 Å². The number of nitrogens with zero attached hydrogens (tertiary/aromatic N) is 1. The van der Waals surface area contributed by atoms with E-state index < -0.39 is 22.7 Å². The molecule has 4 atom stereocenters. The number of allylic oxidation sites excluding steroid dienone is 1. The highest BCUT2D eigenvalue weighted by molar-refractivity contribution is 6.75. The molecule has 1 amide bonds. The first-order valence-corrected chi connectivity index (χ1v) is 22.2. The van der Waals surface area contributed by atoms with Crippen molar-refractivity contribution in [2.24, 2.45) is 5.16 Å². The van der Waals surface area contributed by atoms with Crippen molar-refractivity contribution >= 4 is 34.7 Å². The molecule has 256 valence electrons. The van der Waals surface area contributed by atoms with Crippen molar-refractivity contribution in [3.05, 3.63) is 53.8 Å². The van der Waals surface area contributed by atoms with Gasteiger partial charge in [-0.1, -0.05) is 64.9 Å². The molecule has 0 aromatic heterocycles. The number of oxime groups is 1. The Balaban J connectivity index is 1.94. The number of cyclic esters (lactones) is 1. The van der Waals surface area contributed by atoms with Crippen molar-refractivity contribution in [3.63, 3.8) is 0 Å². The fourth-order valence-corrected chi connectivity index (χ4v) is 7.51. The van der Waals surface area contributed by atoms with Crippen molar-refractivity contribution in [2.45, 2.75) is 134 Å². The summed E-state index contributed by atoms with van der Waals surface area (Å²) in [4.78, 5) is 30.7. The van der Waals surface area contributed by atoms with E-state index >= 15 is 0 Å². The molecule has 1 aromatic rings. The maximum atomic E-state index is 14.0. The van der Waals surface area contributed by atoms with Gasteiger partial charge in [0.25, 0.3) is 8.32 Å². The van der Waals surface area contributed by atoms with Crippen molar-refractivity contribution in [1.82, 2.24) is 5.32 Å². The molecule has 2 bridgehead atoms. The molecule has 0 unspecified atom stereocenters. The minimum atomic E-state index is -2.26. The van der Waals surface area contributed by atoms with E-state index in [0.717, 1.165) is 18.4 Å². The molecule has 2 aliphatic rings. The molecule has 0 spiro atoms. The molecule has 2 heterocycles. The van der Waals surface area contributed by atoms with Crippen LogP contribution in [-0.4, -0.2) is 66.3 Å². The third-order valence-electron chi connectivity index (χ3n) is 9.68. The van der Waals surface area contributed by atoms with Crippen LogP contribution in [0.3, 0.4) is 0 Å². The average Bonchev–Trinajstić information content (AvgIpc) is 2.91. The second kappa shape index (κ2) is 15.4. The summed E-state index contributed by atoms with van der Waals surface area (Å²) in [5, 5.41) is 6.31. The van der Waals surface area contributed by atoms with Crippen LogP contribution in [0.1, 0.15) is 83.1 Å². The lowest BCUT2D eigenvalue weighted by Crippen LogP contribution is -2.48. The highest BCUT2D eigenvalue weighted by Gasteiger charge is 2.43. The van der Waals surface area contributed by atoms with Gasteiger partial charge in [-0.05, 0) is 73.2 Å². The summed E-state index contributed by atoms with van der Waals surface area (Å²) in [6.07, 6.45) is 9.93. The standard InChI is InChI=1S/C35H56N2O7Si2/c1-34(2,3)45(8,9)43-29-23-27-21-25-15-12-17-30(44-46(10,11)35(4,5)6)32(25)33(39)42-26(22-28(24-29)41-27)16-13-19-36-31(38)18-14-20-37-40-7/h12-15,17-20,26-29H,16,21-24H2,1-11H3,(H,36,38)/b18-14+,19-13+,37-20+/t26-,27-,28-,29+/m0/s1. The van der Waals surface area contributed by atoms with Gasteiger partial charge in [-0.15, -0.1) is 0 Å². The van der Waals surface area contributed by atoms with Gasteiger partial charge in [0.05, 0.1) is 18.4 Å². The van der Waals surface area contributed by atoms with E-state index in [4.69, 9.17) is 18.3 Å². The quantitative estimate of drug-likeness (QED) is 0.0894. The number of nitrogens with one attached hydrogen (secondary N) is 1. The highest BCUT2D eigenvalue weighted by atomic mass is 28.4. The zero-order valence-corrected chi connectivity index (χ0v) is 31.8. The smallest absolute Gasteiger partial charge is 0.342 e. The third kappa shape index (κ3) is 10.4. The molecule has 1 aromatic carbocycles. The Bertz CT molecular complexity index is 1290. The molecule has 0 radical (unpaired) electrons. The minimum absolute atomic E-state index is 0.0485. The monoisotopic (exact) mass is 672 g/mol. The van der Waals surface area contributed by atoms with Crippen LogP contribution in [-0.2, 0) is 30.0 Å². The maximum Gasteiger partial charge on any atom is 0.342 e. The topological polar surface area (TPSA) is 105 Å². The Morgan fingerprint density at radius 3 is 2.35 bits per heavy atom. The van der Waals surface area contributed by atoms with Gasteiger partial charge in [0, 0.05) is 31.2 Å². The lowest BCUT2D eigenvalue weighted by atomic mass is 9.91. The number of fused-ring (bicyclic) bond motifs is 3. The van der Waals surface area contributed by atoms with E-state index in [2.05, 4.69) is 83.0 Å². The Morgan fingerprint density at radius 1 is 1.02 bits per heavy atom. The molecular weight excluding hydrogens is 617 g/mol. The summed E-state index contributed by atoms with van der Waals surface area (Å²) in [7, 11) is -2.86. The Kier molecular flexibility index (Phi) is 12.7. The van der Waals surface area contributed by atoms with E-state index in [9.17, 15) is 9.59 Å². The molecule has 1 N–H and O–H groups in total. The molecule has 3 rings (SSSR count). The fraction of sp³-hybridized carbons (Fsp3) is 0.629. The van der Waals surface area contributed by atoms with Crippen molar-refractivity contribution < 1.29 is 32.8 Å². The number of carbonyl (C=O) groups is 2. The molecular formula is C35H56N2O7Si2. The zero-order valence-electron chi connectivity index (χ0n) is 29.8. The van der Waals surface area contributed by atoms with Gasteiger partial charge < -0.3 is 28.5 Å². The first-order valence-electron chi connectivity index (χ1n) is 16.4. The Labute approximate surface area is 278 Å². The lowest BCUT2D eigenvalue weighted by Gasteiger charge is -2.44. The van der Waals surface area contributed by atoms with E-state index in [1.165, 1.54) is 25.5 Å². The van der Waals surface area contributed by atoms with Crippen molar-refractivity contribution in [1.29, 1.82) is 0 Å². The molecule has 1 fully saturated rings. The van der Waals surface area contributed by atoms with Gasteiger partial charge in [0.2, 0.25) is 5.91 Å². The minimum Gasteiger partial charge on any atom is -0.543 e. The molecule has 11 heteroatoms. The summed E-state index contributed by atoms with van der Waals surface area (Å²) in [5.74, 6) is -0.130. The van der Waals surface area contributed by atoms with Crippen LogP contribution in [0.5, 0.6) is 5.75 Å². The summed E-state index contributed by atoms with van der Waals surface area (Å²) >= 11 is 0. The first kappa shape index (κ1) is 37.7. The van der Waals surface area contributed by atoms with Gasteiger partial charge in [0.15, 0.2) is 8.32 Å². The predicted octanol–water partition coefficient (Wildman–Crippen LogP) is 7.69. The van der Waals surface area contributed by atoms with Crippen LogP contribution < -0.4 is 9.74 Å². The normalized spacial score (nSPS) is 23.3. The summed E-state index contributed by atoms with van der Waals surface area (Å²) in [6.45, 7) is 22.3. The van der Waals surface area contributed by atoms with Crippen molar-refractivity contribution in [2.75, 3.05) is 7.11 Å². The maximum absolute atomic E-state index is 14.0. The van der Waals surface area contributed by atoms with E-state index in [-0.39, 0.29) is 40.3 Å². The third-order valence-corrected chi connectivity index (χ3v) is 18.6. The van der Waals surface area contributed by atoms with Crippen LogP contribution in [0.25, 0.3) is 0 Å². The Hall–Kier alpha value is -2.74. The van der Waals surface area contributed by atoms with Crippen LogP contribution in [0.4, 0.5) is 0 Å². The first-order chi connectivity index (χ1) is 21.3. The summed E-state index contributed by atoms with van der Waals surface area (Å²) in [5.41, 5.74) is 1.34.